The van der Waals surface area contributed by atoms with Crippen LogP contribution in [0.4, 0.5) is 9.80 Å². The lowest BCUT2D eigenvalue weighted by Crippen LogP contribution is -2.61. The fourth-order valence-electron chi connectivity index (χ4n) is 5.01. The van der Waals surface area contributed by atoms with Crippen LogP contribution in [-0.2, 0) is 4.74 Å². The average molecular weight is 391 g/mol. The summed E-state index contributed by atoms with van der Waals surface area (Å²) in [5.74, 6) is 0.496. The zero-order chi connectivity index (χ0) is 18.7. The molecular weight excluding hydrogens is 370 g/mol. The predicted molar refractivity (Wildman–Crippen MR) is 111 cm³/mol. The van der Waals surface area contributed by atoms with Crippen LogP contribution in [0.1, 0.15) is 12.8 Å². The number of amides is 1. The first-order chi connectivity index (χ1) is 13.7. The van der Waals surface area contributed by atoms with Crippen LogP contribution >= 0.6 is 11.3 Å². The number of pyridine rings is 1. The number of carbonyl (C=O) groups excluding carboxylic acids is 1. The zero-order valence-corrected chi connectivity index (χ0v) is 16.3. The molecule has 6 heteroatoms. The summed E-state index contributed by atoms with van der Waals surface area (Å²) in [4.78, 5) is 22.7. The molecule has 3 aromatic rings. The molecule has 142 valence electrons. The van der Waals surface area contributed by atoms with Crippen molar-refractivity contribution >= 4 is 33.3 Å². The number of hydrogen-bond acceptors (Lipinski definition) is 5. The fourth-order valence-corrected chi connectivity index (χ4v) is 5.99. The van der Waals surface area contributed by atoms with Gasteiger partial charge in [-0.2, -0.15) is 0 Å². The second-order valence-electron chi connectivity index (χ2n) is 8.12. The molecule has 4 aliphatic rings. The van der Waals surface area contributed by atoms with Crippen LogP contribution in [0.25, 0.3) is 21.3 Å². The number of aromatic nitrogens is 1. The van der Waals surface area contributed by atoms with Gasteiger partial charge in [0.2, 0.25) is 0 Å². The van der Waals surface area contributed by atoms with Gasteiger partial charge < -0.3 is 4.74 Å². The first-order valence-electron chi connectivity index (χ1n) is 9.88. The summed E-state index contributed by atoms with van der Waals surface area (Å²) >= 11 is 1.63. The zero-order valence-electron chi connectivity index (χ0n) is 15.5. The predicted octanol–water partition coefficient (Wildman–Crippen LogP) is 4.38. The summed E-state index contributed by atoms with van der Waals surface area (Å²) in [5.41, 5.74) is 1.76. The molecule has 4 saturated heterocycles. The number of piperidine rings is 3. The molecule has 6 heterocycles. The smallest absolute Gasteiger partial charge is 0.415 e. The van der Waals surface area contributed by atoms with Crippen molar-refractivity contribution in [2.24, 2.45) is 5.92 Å². The van der Waals surface area contributed by atoms with Gasteiger partial charge in [0.25, 0.3) is 0 Å². The van der Waals surface area contributed by atoms with Crippen molar-refractivity contribution in [2.75, 3.05) is 31.1 Å². The van der Waals surface area contributed by atoms with E-state index in [1.54, 1.807) is 11.3 Å². The molecule has 5 nitrogen and oxygen atoms in total. The number of rotatable bonds is 2. The number of benzene rings is 1. The van der Waals surface area contributed by atoms with Gasteiger partial charge in [0.1, 0.15) is 10.6 Å². The Labute approximate surface area is 167 Å². The Morgan fingerprint density at radius 1 is 1.11 bits per heavy atom. The quantitative estimate of drug-likeness (QED) is 0.650. The normalized spacial score (nSPS) is 29.0. The van der Waals surface area contributed by atoms with Crippen LogP contribution in [0.15, 0.2) is 48.7 Å². The number of fused-ring (bicyclic) bond motifs is 3. The standard InChI is InChI=1S/C22H21N3O2S/c26-21-25(14-22(27-21)13-24-9-7-17(22)8-10-24)20-6-5-19(28-20)16-11-15-3-1-2-4-18(15)23-12-16/h1-6,11-12,17H,7-10,13-14H2/t22-/m1/s1. The minimum atomic E-state index is -0.317. The van der Waals surface area contributed by atoms with E-state index in [1.807, 2.05) is 35.4 Å². The van der Waals surface area contributed by atoms with Gasteiger partial charge in [0, 0.05) is 34.5 Å². The molecule has 0 radical (unpaired) electrons. The summed E-state index contributed by atoms with van der Waals surface area (Å²) in [6.07, 6.45) is 3.99. The van der Waals surface area contributed by atoms with Crippen LogP contribution in [-0.4, -0.2) is 47.8 Å². The molecular formula is C22H21N3O2S. The van der Waals surface area contributed by atoms with Crippen molar-refractivity contribution in [3.63, 3.8) is 0 Å². The summed E-state index contributed by atoms with van der Waals surface area (Å²) in [5, 5.41) is 2.09. The molecule has 0 aliphatic carbocycles. The molecule has 2 aromatic heterocycles. The lowest BCUT2D eigenvalue weighted by atomic mass is 9.75. The van der Waals surface area contributed by atoms with E-state index in [0.717, 1.165) is 58.8 Å². The van der Waals surface area contributed by atoms with E-state index < -0.39 is 0 Å². The molecule has 0 saturated carbocycles. The van der Waals surface area contributed by atoms with Gasteiger partial charge >= 0.3 is 6.09 Å². The Bertz CT molecular complexity index is 1070. The first kappa shape index (κ1) is 16.5. The number of anilines is 1. The molecule has 7 rings (SSSR count). The van der Waals surface area contributed by atoms with E-state index >= 15 is 0 Å². The highest BCUT2D eigenvalue weighted by molar-refractivity contribution is 7.19. The molecule has 28 heavy (non-hydrogen) atoms. The van der Waals surface area contributed by atoms with Crippen molar-refractivity contribution in [2.45, 2.75) is 18.4 Å². The maximum absolute atomic E-state index is 12.7. The number of hydrogen-bond donors (Lipinski definition) is 0. The Hall–Kier alpha value is -2.44. The van der Waals surface area contributed by atoms with E-state index in [9.17, 15) is 4.79 Å². The molecule has 1 atom stereocenters. The highest BCUT2D eigenvalue weighted by Crippen LogP contribution is 2.45. The Morgan fingerprint density at radius 3 is 2.79 bits per heavy atom. The molecule has 0 unspecified atom stereocenters. The molecule has 0 N–H and O–H groups in total. The van der Waals surface area contributed by atoms with Gasteiger partial charge in [-0.1, -0.05) is 18.2 Å². The number of ether oxygens (including phenoxy) is 1. The highest BCUT2D eigenvalue weighted by atomic mass is 32.1. The molecule has 1 spiro atoms. The molecule has 2 bridgehead atoms. The SMILES string of the molecule is O=C1O[C@]2(CN3CCC2CC3)CN1c1ccc(-c2cnc3ccccc3c2)s1. The summed E-state index contributed by atoms with van der Waals surface area (Å²) in [6, 6.07) is 14.4. The van der Waals surface area contributed by atoms with Crippen molar-refractivity contribution in [3.8, 4) is 10.4 Å². The van der Waals surface area contributed by atoms with Gasteiger partial charge in [-0.25, -0.2) is 4.79 Å². The monoisotopic (exact) mass is 391 g/mol. The topological polar surface area (TPSA) is 45.7 Å². The van der Waals surface area contributed by atoms with Gasteiger partial charge in [-0.05, 0) is 50.2 Å². The van der Waals surface area contributed by atoms with Crippen molar-refractivity contribution in [1.29, 1.82) is 0 Å². The van der Waals surface area contributed by atoms with Crippen molar-refractivity contribution in [3.05, 3.63) is 48.7 Å². The maximum atomic E-state index is 12.7. The van der Waals surface area contributed by atoms with Crippen LogP contribution in [0.3, 0.4) is 0 Å². The fraction of sp³-hybridized carbons (Fsp3) is 0.364. The second kappa shape index (κ2) is 6.03. The van der Waals surface area contributed by atoms with Crippen LogP contribution < -0.4 is 4.90 Å². The van der Waals surface area contributed by atoms with Crippen LogP contribution in [0.2, 0.25) is 0 Å². The van der Waals surface area contributed by atoms with Gasteiger partial charge in [-0.15, -0.1) is 11.3 Å². The molecule has 4 fully saturated rings. The Morgan fingerprint density at radius 2 is 1.96 bits per heavy atom. The van der Waals surface area contributed by atoms with Crippen molar-refractivity contribution in [1.82, 2.24) is 9.88 Å². The number of carbonyl (C=O) groups is 1. The van der Waals surface area contributed by atoms with Gasteiger partial charge in [0.15, 0.2) is 0 Å². The molecule has 4 aliphatic heterocycles. The van der Waals surface area contributed by atoms with E-state index in [1.165, 1.54) is 0 Å². The molecule has 1 amide bonds. The third kappa shape index (κ3) is 2.48. The molecule has 1 aromatic carbocycles. The minimum absolute atomic E-state index is 0.196. The van der Waals surface area contributed by atoms with Crippen LogP contribution in [0.5, 0.6) is 0 Å². The average Bonchev–Trinajstić information content (AvgIpc) is 3.33. The van der Waals surface area contributed by atoms with E-state index in [2.05, 4.69) is 28.1 Å². The first-order valence-corrected chi connectivity index (χ1v) is 10.7. The minimum Gasteiger partial charge on any atom is -0.439 e. The highest BCUT2D eigenvalue weighted by Gasteiger charge is 2.55. The Balaban J connectivity index is 1.30. The number of para-hydroxylation sites is 1. The lowest BCUT2D eigenvalue weighted by Gasteiger charge is -2.49. The summed E-state index contributed by atoms with van der Waals surface area (Å²) < 4.78 is 6.00. The van der Waals surface area contributed by atoms with E-state index in [4.69, 9.17) is 4.74 Å². The summed E-state index contributed by atoms with van der Waals surface area (Å²) in [7, 11) is 0. The van der Waals surface area contributed by atoms with Crippen molar-refractivity contribution < 1.29 is 9.53 Å². The van der Waals surface area contributed by atoms with Gasteiger partial charge in [-0.3, -0.25) is 14.8 Å². The van der Waals surface area contributed by atoms with Gasteiger partial charge in [0.05, 0.1) is 12.1 Å². The number of nitrogens with zero attached hydrogens (tertiary/aromatic N) is 3. The second-order valence-corrected chi connectivity index (χ2v) is 9.19. The maximum Gasteiger partial charge on any atom is 0.415 e. The van der Waals surface area contributed by atoms with E-state index in [-0.39, 0.29) is 11.7 Å². The third-order valence-electron chi connectivity index (χ3n) is 6.49. The third-order valence-corrected chi connectivity index (χ3v) is 7.65. The van der Waals surface area contributed by atoms with Crippen LogP contribution in [0, 0.1) is 5.92 Å². The van der Waals surface area contributed by atoms with E-state index in [0.29, 0.717) is 12.5 Å². The lowest BCUT2D eigenvalue weighted by molar-refractivity contribution is -0.0881. The number of thiophene rings is 1. The Kier molecular flexibility index (Phi) is 3.55. The largest absolute Gasteiger partial charge is 0.439 e. The summed E-state index contributed by atoms with van der Waals surface area (Å²) in [6.45, 7) is 3.83.